The van der Waals surface area contributed by atoms with E-state index in [9.17, 15) is 4.79 Å². The molecule has 6 heteroatoms. The predicted molar refractivity (Wildman–Crippen MR) is 121 cm³/mol. The van der Waals surface area contributed by atoms with Gasteiger partial charge in [0.05, 0.1) is 21.3 Å². The molecule has 0 atom stereocenters. The summed E-state index contributed by atoms with van der Waals surface area (Å²) in [6.45, 7) is 4.15. The first-order valence-electron chi connectivity index (χ1n) is 9.94. The van der Waals surface area contributed by atoms with E-state index in [1.54, 1.807) is 33.5 Å². The Kier molecular flexibility index (Phi) is 5.46. The van der Waals surface area contributed by atoms with Gasteiger partial charge in [-0.1, -0.05) is 26.0 Å². The van der Waals surface area contributed by atoms with Gasteiger partial charge in [0.15, 0.2) is 11.5 Å². The van der Waals surface area contributed by atoms with E-state index in [-0.39, 0.29) is 11.5 Å². The standard InChI is InChI=1S/C25H24O6/c1-14(2)23-17(9-6-15-7-10-19(27-3)25(29-5)24(15)28-4)18-12-16-8-11-22(26)30-20(16)13-21(18)31-23/h6-14H,1-5H3/b9-6-. The maximum Gasteiger partial charge on any atom is 0.336 e. The summed E-state index contributed by atoms with van der Waals surface area (Å²) in [7, 11) is 4.77. The molecule has 0 radical (unpaired) electrons. The maximum absolute atomic E-state index is 11.6. The van der Waals surface area contributed by atoms with Crippen LogP contribution in [0.2, 0.25) is 0 Å². The van der Waals surface area contributed by atoms with Crippen LogP contribution in [0.1, 0.15) is 36.7 Å². The van der Waals surface area contributed by atoms with Crippen LogP contribution in [0.5, 0.6) is 17.2 Å². The molecule has 31 heavy (non-hydrogen) atoms. The van der Waals surface area contributed by atoms with E-state index in [0.717, 1.165) is 27.7 Å². The Balaban J connectivity index is 1.89. The molecule has 0 aliphatic heterocycles. The summed E-state index contributed by atoms with van der Waals surface area (Å²) in [5.41, 5.74) is 2.60. The summed E-state index contributed by atoms with van der Waals surface area (Å²) in [6.07, 6.45) is 3.97. The summed E-state index contributed by atoms with van der Waals surface area (Å²) in [5, 5.41) is 1.78. The van der Waals surface area contributed by atoms with Crippen molar-refractivity contribution in [1.82, 2.24) is 0 Å². The average Bonchev–Trinajstić information content (AvgIpc) is 3.12. The van der Waals surface area contributed by atoms with Crippen LogP contribution in [-0.4, -0.2) is 21.3 Å². The molecular weight excluding hydrogens is 396 g/mol. The van der Waals surface area contributed by atoms with E-state index in [1.807, 2.05) is 30.4 Å². The zero-order valence-corrected chi connectivity index (χ0v) is 18.1. The Bertz CT molecular complexity index is 1340. The number of methoxy groups -OCH3 is 3. The molecule has 0 N–H and O–H groups in total. The Labute approximate surface area is 179 Å². The Morgan fingerprint density at radius 1 is 0.839 bits per heavy atom. The molecule has 0 fully saturated rings. The lowest BCUT2D eigenvalue weighted by Gasteiger charge is -2.14. The minimum atomic E-state index is -0.386. The first kappa shape index (κ1) is 20.6. The molecule has 6 nitrogen and oxygen atoms in total. The third-order valence-corrected chi connectivity index (χ3v) is 5.19. The van der Waals surface area contributed by atoms with Gasteiger partial charge in [-0.15, -0.1) is 0 Å². The molecule has 0 aliphatic carbocycles. The Hall–Kier alpha value is -3.67. The number of ether oxygens (including phenoxy) is 3. The van der Waals surface area contributed by atoms with E-state index in [2.05, 4.69) is 13.8 Å². The second-order valence-electron chi connectivity index (χ2n) is 7.43. The summed E-state index contributed by atoms with van der Waals surface area (Å²) in [5.74, 6) is 2.73. The molecular formula is C25H24O6. The van der Waals surface area contributed by atoms with E-state index < -0.39 is 0 Å². The zero-order valence-electron chi connectivity index (χ0n) is 18.1. The number of hydrogen-bond acceptors (Lipinski definition) is 6. The Morgan fingerprint density at radius 2 is 1.61 bits per heavy atom. The predicted octanol–water partition coefficient (Wildman–Crippen LogP) is 5.86. The van der Waals surface area contributed by atoms with Crippen molar-refractivity contribution in [2.75, 3.05) is 21.3 Å². The zero-order chi connectivity index (χ0) is 22.1. The lowest BCUT2D eigenvalue weighted by atomic mass is 10.0. The van der Waals surface area contributed by atoms with E-state index in [1.165, 1.54) is 6.07 Å². The third-order valence-electron chi connectivity index (χ3n) is 5.19. The summed E-state index contributed by atoms with van der Waals surface area (Å²) in [4.78, 5) is 11.6. The summed E-state index contributed by atoms with van der Waals surface area (Å²) in [6, 6.07) is 10.7. The van der Waals surface area contributed by atoms with Crippen molar-refractivity contribution in [3.05, 3.63) is 63.7 Å². The van der Waals surface area contributed by atoms with Gasteiger partial charge in [0.1, 0.15) is 16.9 Å². The number of fused-ring (bicyclic) bond motifs is 2. The smallest absolute Gasteiger partial charge is 0.336 e. The highest BCUT2D eigenvalue weighted by Gasteiger charge is 2.18. The molecule has 0 aliphatic rings. The number of furan rings is 1. The van der Waals surface area contributed by atoms with Crippen molar-refractivity contribution in [3.8, 4) is 17.2 Å². The molecule has 160 valence electrons. The lowest BCUT2D eigenvalue weighted by Crippen LogP contribution is -1.96. The normalized spacial score (nSPS) is 11.7. The minimum absolute atomic E-state index is 0.162. The molecule has 0 amide bonds. The van der Waals surface area contributed by atoms with Crippen molar-refractivity contribution in [3.63, 3.8) is 0 Å². The molecule has 0 saturated heterocycles. The van der Waals surface area contributed by atoms with Crippen molar-refractivity contribution in [1.29, 1.82) is 0 Å². The Morgan fingerprint density at radius 3 is 2.29 bits per heavy atom. The van der Waals surface area contributed by atoms with Crippen LogP contribution in [0.3, 0.4) is 0 Å². The van der Waals surface area contributed by atoms with Crippen LogP contribution >= 0.6 is 0 Å². The van der Waals surface area contributed by atoms with E-state index >= 15 is 0 Å². The molecule has 0 spiro atoms. The van der Waals surface area contributed by atoms with Gasteiger partial charge in [0, 0.05) is 39.9 Å². The second kappa shape index (κ2) is 8.22. The van der Waals surface area contributed by atoms with Gasteiger partial charge < -0.3 is 23.0 Å². The van der Waals surface area contributed by atoms with Gasteiger partial charge in [-0.25, -0.2) is 4.79 Å². The highest BCUT2D eigenvalue weighted by atomic mass is 16.5. The molecule has 0 saturated carbocycles. The average molecular weight is 420 g/mol. The molecule has 4 rings (SSSR count). The number of hydrogen-bond donors (Lipinski definition) is 0. The number of rotatable bonds is 6. The molecule has 2 aromatic carbocycles. The van der Waals surface area contributed by atoms with Crippen LogP contribution in [0.4, 0.5) is 0 Å². The van der Waals surface area contributed by atoms with Gasteiger partial charge in [0.25, 0.3) is 0 Å². The fourth-order valence-electron chi connectivity index (χ4n) is 3.73. The number of benzene rings is 2. The highest BCUT2D eigenvalue weighted by molar-refractivity contribution is 5.99. The summed E-state index contributed by atoms with van der Waals surface area (Å²) >= 11 is 0. The molecule has 0 bridgehead atoms. The van der Waals surface area contributed by atoms with Gasteiger partial charge in [-0.2, -0.15) is 0 Å². The third kappa shape index (κ3) is 3.65. The molecule has 4 aromatic rings. The van der Waals surface area contributed by atoms with E-state index in [4.69, 9.17) is 23.0 Å². The molecule has 2 heterocycles. The largest absolute Gasteiger partial charge is 0.493 e. The van der Waals surface area contributed by atoms with Crippen LogP contribution in [0.25, 0.3) is 34.1 Å². The van der Waals surface area contributed by atoms with Gasteiger partial charge >= 0.3 is 5.63 Å². The summed E-state index contributed by atoms with van der Waals surface area (Å²) < 4.78 is 27.9. The lowest BCUT2D eigenvalue weighted by molar-refractivity contribution is 0.324. The van der Waals surface area contributed by atoms with Crippen molar-refractivity contribution in [2.24, 2.45) is 0 Å². The van der Waals surface area contributed by atoms with Crippen LogP contribution in [0, 0.1) is 0 Å². The van der Waals surface area contributed by atoms with Crippen molar-refractivity contribution < 1.29 is 23.0 Å². The first-order valence-corrected chi connectivity index (χ1v) is 9.94. The fraction of sp³-hybridized carbons (Fsp3) is 0.240. The minimum Gasteiger partial charge on any atom is -0.493 e. The van der Waals surface area contributed by atoms with Gasteiger partial charge in [0.2, 0.25) is 5.75 Å². The molecule has 0 unspecified atom stereocenters. The first-order chi connectivity index (χ1) is 15.0. The monoisotopic (exact) mass is 420 g/mol. The van der Waals surface area contributed by atoms with Gasteiger partial charge in [-0.05, 0) is 24.3 Å². The second-order valence-corrected chi connectivity index (χ2v) is 7.43. The van der Waals surface area contributed by atoms with Crippen molar-refractivity contribution in [2.45, 2.75) is 19.8 Å². The van der Waals surface area contributed by atoms with Crippen LogP contribution < -0.4 is 19.8 Å². The SMILES string of the molecule is COc1ccc(/C=C\c2c(C(C)C)oc3cc4oc(=O)ccc4cc23)c(OC)c1OC. The van der Waals surface area contributed by atoms with Crippen molar-refractivity contribution >= 4 is 34.1 Å². The van der Waals surface area contributed by atoms with Gasteiger partial charge in [-0.3, -0.25) is 0 Å². The quantitative estimate of drug-likeness (QED) is 0.364. The topological polar surface area (TPSA) is 71.0 Å². The highest BCUT2D eigenvalue weighted by Crippen LogP contribution is 2.41. The van der Waals surface area contributed by atoms with E-state index in [0.29, 0.717) is 28.4 Å². The van der Waals surface area contributed by atoms with Crippen LogP contribution in [-0.2, 0) is 0 Å². The molecule has 2 aromatic heterocycles. The maximum atomic E-state index is 11.6. The fourth-order valence-corrected chi connectivity index (χ4v) is 3.73. The van der Waals surface area contributed by atoms with Crippen LogP contribution in [0.15, 0.2) is 50.0 Å².